The van der Waals surface area contributed by atoms with Crippen LogP contribution in [0, 0.1) is 13.8 Å². The molecule has 96 valence electrons. The summed E-state index contributed by atoms with van der Waals surface area (Å²) in [6.45, 7) is 5.12. The van der Waals surface area contributed by atoms with Crippen LogP contribution in [0.25, 0.3) is 0 Å². The topological polar surface area (TPSA) is 43.8 Å². The van der Waals surface area contributed by atoms with Crippen LogP contribution in [0.1, 0.15) is 46.5 Å². The van der Waals surface area contributed by atoms with Gasteiger partial charge in [-0.25, -0.2) is 4.98 Å². The van der Waals surface area contributed by atoms with E-state index in [-0.39, 0.29) is 6.04 Å². The van der Waals surface area contributed by atoms with Gasteiger partial charge < -0.3 is 10.3 Å². The first-order valence-electron chi connectivity index (χ1n) is 6.50. The first kappa shape index (κ1) is 11.9. The highest BCUT2D eigenvalue weighted by atomic mass is 32.1. The molecule has 0 saturated carbocycles. The fraction of sp³-hybridized carbons (Fsp3) is 0.500. The van der Waals surface area contributed by atoms with E-state index in [2.05, 4.69) is 27.9 Å². The Kier molecular flexibility index (Phi) is 2.99. The Morgan fingerprint density at radius 3 is 3.06 bits per heavy atom. The highest BCUT2D eigenvalue weighted by molar-refractivity contribution is 7.09. The van der Waals surface area contributed by atoms with Crippen molar-refractivity contribution in [2.45, 2.75) is 45.7 Å². The summed E-state index contributed by atoms with van der Waals surface area (Å²) in [4.78, 5) is 4.56. The second kappa shape index (κ2) is 4.52. The van der Waals surface area contributed by atoms with E-state index >= 15 is 0 Å². The molecule has 1 aliphatic carbocycles. The number of aryl methyl sites for hydroxylation is 2. The molecule has 0 saturated heterocycles. The zero-order chi connectivity index (χ0) is 12.7. The summed E-state index contributed by atoms with van der Waals surface area (Å²) in [6.07, 6.45) is 3.47. The molecule has 1 aliphatic rings. The molecule has 18 heavy (non-hydrogen) atoms. The van der Waals surface area contributed by atoms with Crippen LogP contribution in [0.15, 0.2) is 11.4 Å². The van der Waals surface area contributed by atoms with Gasteiger partial charge in [0.05, 0.1) is 6.54 Å². The maximum absolute atomic E-state index is 6.20. The summed E-state index contributed by atoms with van der Waals surface area (Å²) in [5, 5.41) is 3.31. The third-order valence-corrected chi connectivity index (χ3v) is 4.69. The summed E-state index contributed by atoms with van der Waals surface area (Å²) in [5.41, 5.74) is 11.4. The van der Waals surface area contributed by atoms with Gasteiger partial charge in [0.1, 0.15) is 5.01 Å². The van der Waals surface area contributed by atoms with Gasteiger partial charge in [-0.1, -0.05) is 0 Å². The van der Waals surface area contributed by atoms with E-state index < -0.39 is 0 Å². The van der Waals surface area contributed by atoms with Crippen LogP contribution in [0.5, 0.6) is 0 Å². The van der Waals surface area contributed by atoms with Gasteiger partial charge in [0.2, 0.25) is 0 Å². The fourth-order valence-corrected chi connectivity index (χ4v) is 3.59. The van der Waals surface area contributed by atoms with E-state index in [4.69, 9.17) is 5.73 Å². The number of nitrogens with zero attached hydrogens (tertiary/aromatic N) is 2. The van der Waals surface area contributed by atoms with Crippen molar-refractivity contribution in [1.29, 1.82) is 0 Å². The van der Waals surface area contributed by atoms with Crippen molar-refractivity contribution < 1.29 is 0 Å². The number of fused-ring (bicyclic) bond motifs is 1. The highest BCUT2D eigenvalue weighted by Gasteiger charge is 2.22. The lowest BCUT2D eigenvalue weighted by molar-refractivity contribution is 0.546. The number of thiazole rings is 1. The molecule has 0 aliphatic heterocycles. The molecular formula is C14H19N3S. The van der Waals surface area contributed by atoms with E-state index in [9.17, 15) is 0 Å². The average molecular weight is 261 g/mol. The summed E-state index contributed by atoms with van der Waals surface area (Å²) in [6, 6.07) is 2.49. The molecule has 2 aromatic rings. The molecule has 2 N–H and O–H groups in total. The monoisotopic (exact) mass is 261 g/mol. The minimum atomic E-state index is 0.228. The zero-order valence-electron chi connectivity index (χ0n) is 10.9. The standard InChI is InChI=1S/C14H19N3S/c1-9-8-18-14(16-9)7-17-10(2)6-11-12(15)4-3-5-13(11)17/h6,8,12H,3-5,7,15H2,1-2H3. The number of rotatable bonds is 2. The van der Waals surface area contributed by atoms with E-state index in [1.54, 1.807) is 11.3 Å². The minimum absolute atomic E-state index is 0.228. The van der Waals surface area contributed by atoms with Crippen molar-refractivity contribution in [2.75, 3.05) is 0 Å². The highest BCUT2D eigenvalue weighted by Crippen LogP contribution is 2.31. The molecule has 2 aromatic heterocycles. The molecule has 0 spiro atoms. The van der Waals surface area contributed by atoms with Crippen molar-refractivity contribution >= 4 is 11.3 Å². The van der Waals surface area contributed by atoms with Crippen molar-refractivity contribution in [3.63, 3.8) is 0 Å². The second-order valence-corrected chi connectivity index (χ2v) is 6.10. The Balaban J connectivity index is 1.97. The third kappa shape index (κ3) is 1.99. The Labute approximate surface area is 112 Å². The molecule has 0 fully saturated rings. The fourth-order valence-electron chi connectivity index (χ4n) is 2.83. The molecule has 3 rings (SSSR count). The van der Waals surface area contributed by atoms with Gasteiger partial charge in [0.25, 0.3) is 0 Å². The second-order valence-electron chi connectivity index (χ2n) is 5.16. The quantitative estimate of drug-likeness (QED) is 0.903. The van der Waals surface area contributed by atoms with Crippen molar-refractivity contribution in [2.24, 2.45) is 5.73 Å². The van der Waals surface area contributed by atoms with Crippen molar-refractivity contribution in [3.8, 4) is 0 Å². The lowest BCUT2D eigenvalue weighted by Crippen LogP contribution is -2.18. The minimum Gasteiger partial charge on any atom is -0.342 e. The predicted molar refractivity (Wildman–Crippen MR) is 75.0 cm³/mol. The Morgan fingerprint density at radius 2 is 2.33 bits per heavy atom. The van der Waals surface area contributed by atoms with Gasteiger partial charge in [-0.3, -0.25) is 0 Å². The molecule has 0 radical (unpaired) electrons. The van der Waals surface area contributed by atoms with E-state index in [0.29, 0.717) is 0 Å². The summed E-state index contributed by atoms with van der Waals surface area (Å²) >= 11 is 1.74. The Bertz CT molecular complexity index is 568. The smallest absolute Gasteiger partial charge is 0.113 e. The SMILES string of the molecule is Cc1csc(Cn2c(C)cc3c2CCCC3N)n1. The maximum Gasteiger partial charge on any atom is 0.113 e. The Hall–Kier alpha value is -1.13. The number of hydrogen-bond acceptors (Lipinski definition) is 3. The summed E-state index contributed by atoms with van der Waals surface area (Å²) in [5.74, 6) is 0. The van der Waals surface area contributed by atoms with Crippen molar-refractivity contribution in [3.05, 3.63) is 39.1 Å². The van der Waals surface area contributed by atoms with E-state index in [1.807, 2.05) is 6.92 Å². The molecule has 1 atom stereocenters. The van der Waals surface area contributed by atoms with Crippen LogP contribution in [0.2, 0.25) is 0 Å². The van der Waals surface area contributed by atoms with Gasteiger partial charge in [0, 0.05) is 28.5 Å². The van der Waals surface area contributed by atoms with Gasteiger partial charge in [-0.2, -0.15) is 0 Å². The maximum atomic E-state index is 6.20. The van der Waals surface area contributed by atoms with Crippen LogP contribution in [0.4, 0.5) is 0 Å². The summed E-state index contributed by atoms with van der Waals surface area (Å²) in [7, 11) is 0. The van der Waals surface area contributed by atoms with Gasteiger partial charge in [-0.15, -0.1) is 11.3 Å². The largest absolute Gasteiger partial charge is 0.342 e. The summed E-state index contributed by atoms with van der Waals surface area (Å²) < 4.78 is 2.40. The normalized spacial score (nSPS) is 18.9. The predicted octanol–water partition coefficient (Wildman–Crippen LogP) is 2.95. The van der Waals surface area contributed by atoms with Crippen LogP contribution < -0.4 is 5.73 Å². The molecular weight excluding hydrogens is 242 g/mol. The van der Waals surface area contributed by atoms with Crippen LogP contribution in [0.3, 0.4) is 0 Å². The molecule has 1 unspecified atom stereocenters. The lowest BCUT2D eigenvalue weighted by Gasteiger charge is -2.20. The van der Waals surface area contributed by atoms with Gasteiger partial charge in [0.15, 0.2) is 0 Å². The number of hydrogen-bond donors (Lipinski definition) is 1. The van der Waals surface area contributed by atoms with Crippen molar-refractivity contribution in [1.82, 2.24) is 9.55 Å². The van der Waals surface area contributed by atoms with E-state index in [1.165, 1.54) is 28.4 Å². The molecule has 4 heteroatoms. The van der Waals surface area contributed by atoms with Crippen LogP contribution >= 0.6 is 11.3 Å². The number of nitrogens with two attached hydrogens (primary N) is 1. The average Bonchev–Trinajstić information content (AvgIpc) is 2.87. The molecule has 0 bridgehead atoms. The van der Waals surface area contributed by atoms with Crippen LogP contribution in [-0.2, 0) is 13.0 Å². The van der Waals surface area contributed by atoms with Gasteiger partial charge >= 0.3 is 0 Å². The van der Waals surface area contributed by atoms with Crippen LogP contribution in [-0.4, -0.2) is 9.55 Å². The van der Waals surface area contributed by atoms with E-state index in [0.717, 1.165) is 25.1 Å². The third-order valence-electron chi connectivity index (χ3n) is 3.74. The molecule has 0 aromatic carbocycles. The Morgan fingerprint density at radius 1 is 1.50 bits per heavy atom. The first-order valence-corrected chi connectivity index (χ1v) is 7.38. The number of aromatic nitrogens is 2. The molecule has 2 heterocycles. The molecule has 0 amide bonds. The van der Waals surface area contributed by atoms with Gasteiger partial charge in [-0.05, 0) is 44.7 Å². The first-order chi connectivity index (χ1) is 8.65. The lowest BCUT2D eigenvalue weighted by atomic mass is 9.93. The zero-order valence-corrected chi connectivity index (χ0v) is 11.8. The molecule has 3 nitrogen and oxygen atoms in total.